The predicted octanol–water partition coefficient (Wildman–Crippen LogP) is -4.65. The topological polar surface area (TPSA) is 204 Å². The van der Waals surface area contributed by atoms with Gasteiger partial charge in [-0.2, -0.15) is 7.82 Å². The maximum atomic E-state index is 11.2. The van der Waals surface area contributed by atoms with Crippen LogP contribution in [0.2, 0.25) is 0 Å². The summed E-state index contributed by atoms with van der Waals surface area (Å²) < 4.78 is 42.1. The summed E-state index contributed by atoms with van der Waals surface area (Å²) in [6.45, 7) is 8.19. The van der Waals surface area contributed by atoms with Gasteiger partial charge in [-0.05, 0) is 81.6 Å². The summed E-state index contributed by atoms with van der Waals surface area (Å²) in [6.07, 6.45) is 13.2. The second-order valence-electron chi connectivity index (χ2n) is 11.9. The molecule has 0 radical (unpaired) electrons. The Morgan fingerprint density at radius 1 is 0.509 bits per heavy atom. The summed E-state index contributed by atoms with van der Waals surface area (Å²) in [5.41, 5.74) is 4.17. The van der Waals surface area contributed by atoms with E-state index >= 15 is 0 Å². The van der Waals surface area contributed by atoms with E-state index in [1.807, 2.05) is 57.2 Å². The fourth-order valence-corrected chi connectivity index (χ4v) is 5.13. The minimum absolute atomic E-state index is 0. The van der Waals surface area contributed by atoms with E-state index in [1.54, 1.807) is 54.6 Å². The second-order valence-corrected chi connectivity index (χ2v) is 14.2. The molecule has 0 spiro atoms. The number of aryl methyl sites for hydroxylation is 4. The molecule has 0 saturated carbocycles. The van der Waals surface area contributed by atoms with Gasteiger partial charge in [0.15, 0.2) is 0 Å². The Hall–Kier alpha value is 0.300. The van der Waals surface area contributed by atoms with Crippen molar-refractivity contribution >= 4 is 17.9 Å². The van der Waals surface area contributed by atoms with E-state index in [0.717, 1.165) is 12.8 Å². The van der Waals surface area contributed by atoms with Crippen molar-refractivity contribution in [1.29, 1.82) is 0 Å². The van der Waals surface area contributed by atoms with Gasteiger partial charge >= 0.3 is 118 Å². The monoisotopic (exact) mass is 836 g/mol. The first-order chi connectivity index (χ1) is 23.9. The van der Waals surface area contributed by atoms with Crippen LogP contribution in [0.3, 0.4) is 0 Å². The van der Waals surface area contributed by atoms with Gasteiger partial charge in [-0.25, -0.2) is 8.42 Å². The van der Waals surface area contributed by atoms with Crippen molar-refractivity contribution in [2.24, 2.45) is 0 Å². The van der Waals surface area contributed by atoms with Crippen molar-refractivity contribution in [3.63, 3.8) is 0 Å². The van der Waals surface area contributed by atoms with Crippen LogP contribution in [-0.4, -0.2) is 28.3 Å². The second kappa shape index (κ2) is 38.5. The molecule has 3 N–H and O–H groups in total. The average Bonchev–Trinajstić information content (AvgIpc) is 3.06. The molecule has 0 aliphatic carbocycles. The van der Waals surface area contributed by atoms with Crippen LogP contribution in [-0.2, 0) is 21.1 Å². The van der Waals surface area contributed by atoms with E-state index < -0.39 is 17.9 Å². The van der Waals surface area contributed by atoms with Crippen LogP contribution in [0.1, 0.15) is 93.4 Å². The zero-order valence-corrected chi connectivity index (χ0v) is 43.8. The molecule has 0 aliphatic rings. The SMILES string of the molecule is CCCCCCCCCCCCc1ccccc1S(=O)(=O)[O-].Cc1ccc(O)cc1.Cc1ccc(O)cc1.Cc1ccc(O)cc1.O=P([O-])([O-])[O-].[Na+].[Na+].[Na+].[Na+]. The van der Waals surface area contributed by atoms with Crippen LogP contribution in [0.25, 0.3) is 0 Å². The van der Waals surface area contributed by atoms with Gasteiger partial charge in [-0.1, -0.05) is 136 Å². The van der Waals surface area contributed by atoms with Crippen LogP contribution in [0.15, 0.2) is 102 Å². The van der Waals surface area contributed by atoms with Crippen LogP contribution < -0.4 is 133 Å². The molecular weight excluding hydrogens is 783 g/mol. The molecule has 16 heteroatoms. The molecule has 4 aromatic rings. The van der Waals surface area contributed by atoms with E-state index in [2.05, 4.69) is 6.92 Å². The maximum absolute atomic E-state index is 11.2. The molecule has 0 bridgehead atoms. The average molecular weight is 837 g/mol. The molecule has 284 valence electrons. The molecule has 4 rings (SSSR count). The summed E-state index contributed by atoms with van der Waals surface area (Å²) in [7, 11) is -9.73. The van der Waals surface area contributed by atoms with Crippen molar-refractivity contribution in [3.8, 4) is 17.2 Å². The Labute approximate surface area is 418 Å². The predicted molar refractivity (Wildman–Crippen MR) is 196 cm³/mol. The third-order valence-corrected chi connectivity index (χ3v) is 8.08. The normalized spacial score (nSPS) is 9.75. The molecule has 10 nitrogen and oxygen atoms in total. The van der Waals surface area contributed by atoms with Crippen LogP contribution >= 0.6 is 7.82 Å². The van der Waals surface area contributed by atoms with E-state index in [9.17, 15) is 13.0 Å². The number of phenolic OH excluding ortho intramolecular Hbond substituents is 3. The Morgan fingerprint density at radius 2 is 0.782 bits per heavy atom. The van der Waals surface area contributed by atoms with Crippen LogP contribution in [0, 0.1) is 20.8 Å². The number of aromatic hydroxyl groups is 3. The van der Waals surface area contributed by atoms with E-state index in [-0.39, 0.29) is 123 Å². The molecule has 55 heavy (non-hydrogen) atoms. The quantitative estimate of drug-likeness (QED) is 0.0539. The van der Waals surface area contributed by atoms with Crippen molar-refractivity contribution in [3.05, 3.63) is 119 Å². The fourth-order valence-electron chi connectivity index (χ4n) is 4.39. The Balaban J connectivity index is -0.000000210. The zero-order valence-electron chi connectivity index (χ0n) is 34.1. The van der Waals surface area contributed by atoms with Crippen molar-refractivity contribution in [2.75, 3.05) is 0 Å². The van der Waals surface area contributed by atoms with Crippen molar-refractivity contribution < 1.29 is 166 Å². The van der Waals surface area contributed by atoms with Crippen molar-refractivity contribution in [1.82, 2.24) is 0 Å². The summed E-state index contributed by atoms with van der Waals surface area (Å²) in [6, 6.07) is 27.8. The first kappa shape index (κ1) is 64.4. The minimum Gasteiger partial charge on any atom is -0.822 e. The summed E-state index contributed by atoms with van der Waals surface area (Å²) in [4.78, 5) is 25.6. The maximum Gasteiger partial charge on any atom is 1.00 e. The van der Waals surface area contributed by atoms with Crippen LogP contribution in [0.4, 0.5) is 0 Å². The molecule has 0 saturated heterocycles. The number of unbranched alkanes of at least 4 members (excludes halogenated alkanes) is 9. The molecule has 0 unspecified atom stereocenters. The molecule has 0 aliphatic heterocycles. The number of phosphoric acid groups is 1. The molecule has 0 fully saturated rings. The van der Waals surface area contributed by atoms with Gasteiger partial charge in [0.2, 0.25) is 0 Å². The summed E-state index contributed by atoms with van der Waals surface area (Å²) in [5, 5.41) is 26.3. The Kier molecular flexibility index (Phi) is 45.1. The van der Waals surface area contributed by atoms with Gasteiger partial charge < -0.3 is 39.1 Å². The molecular formula is C39H53Na4O10PS. The first-order valence-corrected chi connectivity index (χ1v) is 19.8. The van der Waals surface area contributed by atoms with Gasteiger partial charge in [0, 0.05) is 0 Å². The van der Waals surface area contributed by atoms with Gasteiger partial charge in [0.05, 0.1) is 4.90 Å². The minimum atomic E-state index is -5.39. The van der Waals surface area contributed by atoms with Crippen molar-refractivity contribution in [2.45, 2.75) is 103 Å². The van der Waals surface area contributed by atoms with Gasteiger partial charge in [0.1, 0.15) is 27.4 Å². The van der Waals surface area contributed by atoms with Gasteiger partial charge in [-0.15, -0.1) is 0 Å². The molecule has 0 atom stereocenters. The summed E-state index contributed by atoms with van der Waals surface area (Å²) >= 11 is 0. The third-order valence-electron chi connectivity index (χ3n) is 7.14. The van der Waals surface area contributed by atoms with E-state index in [4.69, 9.17) is 34.6 Å². The number of hydrogen-bond acceptors (Lipinski definition) is 10. The molecule has 0 heterocycles. The largest absolute Gasteiger partial charge is 1.00 e. The first-order valence-electron chi connectivity index (χ1n) is 17.0. The number of benzene rings is 4. The third kappa shape index (κ3) is 42.2. The smallest absolute Gasteiger partial charge is 0.822 e. The Morgan fingerprint density at radius 3 is 1.05 bits per heavy atom. The van der Waals surface area contributed by atoms with Gasteiger partial charge in [0.25, 0.3) is 0 Å². The van der Waals surface area contributed by atoms with E-state index in [0.29, 0.717) is 29.2 Å². The van der Waals surface area contributed by atoms with E-state index in [1.165, 1.54) is 74.1 Å². The zero-order chi connectivity index (χ0) is 38.7. The number of phenols is 3. The number of rotatable bonds is 12. The van der Waals surface area contributed by atoms with Crippen LogP contribution in [0.5, 0.6) is 17.2 Å². The fraction of sp³-hybridized carbons (Fsp3) is 0.385. The molecule has 4 aromatic carbocycles. The standard InChI is InChI=1S/C18H30O3S.3C7H8O.4Na.H3O4P/c1-2-3-4-5-6-7-8-9-10-11-14-17-15-12-13-16-18(17)22(19,20)21;3*1-6-2-4-7(8)5-3-6;;;;;1-5(2,3)4/h12-13,15-16H,2-11,14H2,1H3,(H,19,20,21);3*2-5,8H,1H3;;;;;(H3,1,2,3,4)/q;;;;4*+1;/p-4. The Bertz CT molecular complexity index is 1450. The molecule has 0 aromatic heterocycles. The summed E-state index contributed by atoms with van der Waals surface area (Å²) in [5.74, 6) is 0.988. The molecule has 0 amide bonds. The number of hydrogen-bond donors (Lipinski definition) is 3. The van der Waals surface area contributed by atoms with Gasteiger partial charge in [-0.3, -0.25) is 0 Å².